The van der Waals surface area contributed by atoms with Gasteiger partial charge < -0.3 is 4.90 Å². The van der Waals surface area contributed by atoms with Gasteiger partial charge in [-0.3, -0.25) is 4.79 Å². The Morgan fingerprint density at radius 2 is 2.08 bits per heavy atom. The van der Waals surface area contributed by atoms with Crippen LogP contribution in [0, 0.1) is 11.3 Å². The molecule has 124 valence electrons. The SMILES string of the molecule is CCN(C(=O)c1cccc(F)c1-c1ncccn1)[C@@H](C)CN=[N+]=N. The van der Waals surface area contributed by atoms with Crippen LogP contribution in [0.25, 0.3) is 11.4 Å². The highest BCUT2D eigenvalue weighted by molar-refractivity contribution is 6.00. The molecule has 0 aliphatic heterocycles. The number of rotatable bonds is 6. The minimum absolute atomic E-state index is 0.0795. The van der Waals surface area contributed by atoms with Gasteiger partial charge in [-0.25, -0.2) is 14.4 Å². The van der Waals surface area contributed by atoms with E-state index in [9.17, 15) is 9.18 Å². The van der Waals surface area contributed by atoms with Gasteiger partial charge in [-0.05, 0) is 32.0 Å². The largest absolute Gasteiger partial charge is 0.334 e. The van der Waals surface area contributed by atoms with Crippen molar-refractivity contribution in [1.29, 1.82) is 5.53 Å². The van der Waals surface area contributed by atoms with E-state index in [-0.39, 0.29) is 35.4 Å². The lowest BCUT2D eigenvalue weighted by molar-refractivity contribution is 0.0708. The standard InChI is InChI=1S/C16H18FN6O/c1-3-23(11(2)10-21-22-18)16(24)12-6-4-7-13(17)14(12)15-19-8-5-9-20-15/h4-9,11,18H,3,10H2,1-2H3/q+1/t11-/m0/s1. The molecule has 0 unspecified atom stereocenters. The maximum Gasteiger partial charge on any atom is 0.255 e. The summed E-state index contributed by atoms with van der Waals surface area (Å²) in [6.45, 7) is 4.24. The molecule has 1 amide bonds. The zero-order valence-corrected chi connectivity index (χ0v) is 13.5. The van der Waals surface area contributed by atoms with Crippen molar-refractivity contribution in [2.24, 2.45) is 5.11 Å². The van der Waals surface area contributed by atoms with Crippen LogP contribution in [0.4, 0.5) is 4.39 Å². The fourth-order valence-corrected chi connectivity index (χ4v) is 2.43. The highest BCUT2D eigenvalue weighted by atomic mass is 19.1. The number of nitrogens with one attached hydrogen (secondary N) is 1. The Kier molecular flexibility index (Phi) is 5.81. The number of benzene rings is 1. The lowest BCUT2D eigenvalue weighted by Gasteiger charge is -2.26. The fourth-order valence-electron chi connectivity index (χ4n) is 2.43. The number of carbonyl (C=O) groups is 1. The Labute approximate surface area is 138 Å². The van der Waals surface area contributed by atoms with E-state index >= 15 is 0 Å². The van der Waals surface area contributed by atoms with Crippen LogP contribution in [-0.2, 0) is 0 Å². The van der Waals surface area contributed by atoms with Crippen LogP contribution in [-0.4, -0.2) is 39.9 Å². The van der Waals surface area contributed by atoms with Crippen LogP contribution in [0.1, 0.15) is 24.2 Å². The Balaban J connectivity index is 2.46. The Hall–Kier alpha value is -2.99. The summed E-state index contributed by atoms with van der Waals surface area (Å²) in [6.07, 6.45) is 3.00. The maximum atomic E-state index is 14.4. The first-order valence-electron chi connectivity index (χ1n) is 7.50. The molecule has 0 spiro atoms. The molecular weight excluding hydrogens is 311 g/mol. The third-order valence-electron chi connectivity index (χ3n) is 3.58. The summed E-state index contributed by atoms with van der Waals surface area (Å²) < 4.78 is 14.4. The number of likely N-dealkylation sites (N-methyl/N-ethyl adjacent to an activating group) is 1. The van der Waals surface area contributed by atoms with Gasteiger partial charge in [0, 0.05) is 18.9 Å². The van der Waals surface area contributed by atoms with E-state index in [0.29, 0.717) is 6.54 Å². The lowest BCUT2D eigenvalue weighted by atomic mass is 10.0. The minimum Gasteiger partial charge on any atom is -0.334 e. The van der Waals surface area contributed by atoms with Crippen LogP contribution in [0.5, 0.6) is 0 Å². The molecular formula is C16H18FN6O+. The number of halogens is 1. The summed E-state index contributed by atoms with van der Waals surface area (Å²) in [5.74, 6) is -0.734. The van der Waals surface area contributed by atoms with Gasteiger partial charge in [-0.15, -0.1) is 0 Å². The van der Waals surface area contributed by atoms with Crippen molar-refractivity contribution in [1.82, 2.24) is 19.8 Å². The second-order valence-corrected chi connectivity index (χ2v) is 5.10. The third-order valence-corrected chi connectivity index (χ3v) is 3.58. The molecule has 2 rings (SSSR count). The molecule has 1 N–H and O–H groups in total. The predicted octanol–water partition coefficient (Wildman–Crippen LogP) is 2.68. The molecule has 8 heteroatoms. The number of amides is 1. The summed E-state index contributed by atoms with van der Waals surface area (Å²) in [6, 6.07) is 5.66. The average molecular weight is 329 g/mol. The van der Waals surface area contributed by atoms with Crippen LogP contribution in [0.3, 0.4) is 0 Å². The zero-order chi connectivity index (χ0) is 17.5. The van der Waals surface area contributed by atoms with Gasteiger partial charge in [0.15, 0.2) is 5.82 Å². The average Bonchev–Trinajstić information content (AvgIpc) is 2.61. The molecule has 24 heavy (non-hydrogen) atoms. The number of hydrogen-bond acceptors (Lipinski definition) is 5. The first-order valence-corrected chi connectivity index (χ1v) is 7.50. The van der Waals surface area contributed by atoms with Crippen LogP contribution in [0.15, 0.2) is 41.8 Å². The number of hydrogen-bond donors (Lipinski definition) is 1. The first kappa shape index (κ1) is 17.4. The van der Waals surface area contributed by atoms with E-state index in [1.165, 1.54) is 24.5 Å². The number of aromatic nitrogens is 2. The molecule has 0 radical (unpaired) electrons. The van der Waals surface area contributed by atoms with Crippen molar-refractivity contribution in [3.05, 3.63) is 48.0 Å². The highest BCUT2D eigenvalue weighted by Crippen LogP contribution is 2.25. The predicted molar refractivity (Wildman–Crippen MR) is 85.7 cm³/mol. The molecule has 0 aliphatic carbocycles. The molecule has 0 saturated heterocycles. The van der Waals surface area contributed by atoms with Gasteiger partial charge in [0.1, 0.15) is 23.0 Å². The lowest BCUT2D eigenvalue weighted by Crippen LogP contribution is -2.40. The quantitative estimate of drug-likeness (QED) is 0.652. The van der Waals surface area contributed by atoms with E-state index in [4.69, 9.17) is 5.53 Å². The maximum absolute atomic E-state index is 14.4. The summed E-state index contributed by atoms with van der Waals surface area (Å²) in [4.78, 5) is 25.5. The van der Waals surface area contributed by atoms with Gasteiger partial charge in [0.05, 0.1) is 17.2 Å². The monoisotopic (exact) mass is 329 g/mol. The van der Waals surface area contributed by atoms with E-state index in [1.54, 1.807) is 24.0 Å². The second kappa shape index (κ2) is 8.03. The van der Waals surface area contributed by atoms with Crippen molar-refractivity contribution >= 4 is 5.91 Å². The van der Waals surface area contributed by atoms with Crippen LogP contribution >= 0.6 is 0 Å². The molecule has 1 aromatic carbocycles. The summed E-state index contributed by atoms with van der Waals surface area (Å²) >= 11 is 0. The Bertz CT molecular complexity index is 760. The first-order chi connectivity index (χ1) is 11.6. The molecule has 0 bridgehead atoms. The van der Waals surface area contributed by atoms with E-state index in [2.05, 4.69) is 20.0 Å². The van der Waals surface area contributed by atoms with Gasteiger partial charge in [0.2, 0.25) is 4.91 Å². The minimum atomic E-state index is -0.554. The van der Waals surface area contributed by atoms with Crippen molar-refractivity contribution in [3.8, 4) is 11.4 Å². The molecule has 7 nitrogen and oxygen atoms in total. The summed E-state index contributed by atoms with van der Waals surface area (Å²) in [5, 5.41) is 3.61. The number of carbonyl (C=O) groups excluding carboxylic acids is 1. The second-order valence-electron chi connectivity index (χ2n) is 5.10. The van der Waals surface area contributed by atoms with E-state index in [0.717, 1.165) is 0 Å². The summed E-state index contributed by atoms with van der Waals surface area (Å²) in [5.41, 5.74) is 7.00. The highest BCUT2D eigenvalue weighted by Gasteiger charge is 2.26. The smallest absolute Gasteiger partial charge is 0.255 e. The molecule has 0 saturated carbocycles. The third kappa shape index (κ3) is 3.67. The van der Waals surface area contributed by atoms with Crippen LogP contribution in [0.2, 0.25) is 0 Å². The molecule has 1 heterocycles. The Morgan fingerprint density at radius 1 is 1.38 bits per heavy atom. The van der Waals surface area contributed by atoms with E-state index < -0.39 is 5.82 Å². The zero-order valence-electron chi connectivity index (χ0n) is 13.5. The van der Waals surface area contributed by atoms with Crippen molar-refractivity contribution in [2.75, 3.05) is 13.1 Å². The van der Waals surface area contributed by atoms with E-state index in [1.807, 2.05) is 6.92 Å². The fraction of sp³-hybridized carbons (Fsp3) is 0.312. The van der Waals surface area contributed by atoms with Gasteiger partial charge >= 0.3 is 0 Å². The van der Waals surface area contributed by atoms with Crippen molar-refractivity contribution in [3.63, 3.8) is 0 Å². The van der Waals surface area contributed by atoms with Gasteiger partial charge in [-0.1, -0.05) is 6.07 Å². The Morgan fingerprint density at radius 3 is 2.71 bits per heavy atom. The van der Waals surface area contributed by atoms with Crippen molar-refractivity contribution < 1.29 is 9.18 Å². The normalized spacial score (nSPS) is 11.5. The molecule has 0 aliphatic rings. The summed E-state index contributed by atoms with van der Waals surface area (Å²) in [7, 11) is 0. The number of nitrogens with zero attached hydrogens (tertiary/aromatic N) is 5. The van der Waals surface area contributed by atoms with Crippen molar-refractivity contribution in [2.45, 2.75) is 19.9 Å². The van der Waals surface area contributed by atoms with Crippen LogP contribution < -0.4 is 4.91 Å². The molecule has 2 aromatic rings. The molecule has 0 fully saturated rings. The van der Waals surface area contributed by atoms with Gasteiger partial charge in [0.25, 0.3) is 5.91 Å². The molecule has 1 atom stereocenters. The molecule has 1 aromatic heterocycles. The topological polar surface area (TPSA) is 96.4 Å². The van der Waals surface area contributed by atoms with Gasteiger partial charge in [-0.2, -0.15) is 0 Å².